The van der Waals surface area contributed by atoms with Crippen LogP contribution in [-0.2, 0) is 15.7 Å². The van der Waals surface area contributed by atoms with Crippen molar-refractivity contribution in [3.63, 3.8) is 0 Å². The minimum absolute atomic E-state index is 0.101. The van der Waals surface area contributed by atoms with Crippen LogP contribution in [0.2, 0.25) is 0 Å². The van der Waals surface area contributed by atoms with E-state index in [1.165, 1.54) is 5.56 Å². The van der Waals surface area contributed by atoms with Crippen LogP contribution in [0, 0.1) is 0 Å². The standard InChI is InChI=1S/C16H24N2O/c1-4-11-18-16(14(17)19)10-9-15(2,3)12-7-5-6-8-13(12)16/h5-8,18H,4,9-11H2,1-3H3,(H2,17,19). The fourth-order valence-corrected chi connectivity index (χ4v) is 3.08. The summed E-state index contributed by atoms with van der Waals surface area (Å²) >= 11 is 0. The summed E-state index contributed by atoms with van der Waals surface area (Å²) in [4.78, 5) is 12.1. The van der Waals surface area contributed by atoms with Crippen molar-refractivity contribution in [1.82, 2.24) is 5.32 Å². The second kappa shape index (κ2) is 4.97. The number of carbonyl (C=O) groups excluding carboxylic acids is 1. The van der Waals surface area contributed by atoms with Crippen molar-refractivity contribution in [3.8, 4) is 0 Å². The first-order valence-corrected chi connectivity index (χ1v) is 7.09. The molecule has 3 heteroatoms. The third-order valence-corrected chi connectivity index (χ3v) is 4.34. The first-order chi connectivity index (χ1) is 8.94. The van der Waals surface area contributed by atoms with E-state index in [2.05, 4.69) is 32.2 Å². The van der Waals surface area contributed by atoms with Crippen molar-refractivity contribution in [2.45, 2.75) is 51.0 Å². The molecule has 0 saturated carbocycles. The molecule has 104 valence electrons. The number of fused-ring (bicyclic) bond motifs is 1. The van der Waals surface area contributed by atoms with Crippen LogP contribution in [0.3, 0.4) is 0 Å². The lowest BCUT2D eigenvalue weighted by molar-refractivity contribution is -0.125. The van der Waals surface area contributed by atoms with E-state index in [1.54, 1.807) is 0 Å². The van der Waals surface area contributed by atoms with Crippen molar-refractivity contribution < 1.29 is 4.79 Å². The van der Waals surface area contributed by atoms with Gasteiger partial charge in [-0.15, -0.1) is 0 Å². The number of hydrogen-bond donors (Lipinski definition) is 2. The Balaban J connectivity index is 2.55. The summed E-state index contributed by atoms with van der Waals surface area (Å²) in [6, 6.07) is 8.20. The van der Waals surface area contributed by atoms with Crippen LogP contribution in [0.1, 0.15) is 51.2 Å². The lowest BCUT2D eigenvalue weighted by atomic mass is 9.65. The number of carbonyl (C=O) groups is 1. The van der Waals surface area contributed by atoms with E-state index in [-0.39, 0.29) is 11.3 Å². The zero-order chi connectivity index (χ0) is 14.1. The molecule has 3 N–H and O–H groups in total. The van der Waals surface area contributed by atoms with E-state index in [0.29, 0.717) is 0 Å². The third-order valence-electron chi connectivity index (χ3n) is 4.34. The van der Waals surface area contributed by atoms with Gasteiger partial charge >= 0.3 is 0 Å². The number of primary amides is 1. The fraction of sp³-hybridized carbons (Fsp3) is 0.562. The van der Waals surface area contributed by atoms with Gasteiger partial charge in [-0.2, -0.15) is 0 Å². The monoisotopic (exact) mass is 260 g/mol. The maximum Gasteiger partial charge on any atom is 0.242 e. The third kappa shape index (κ3) is 2.27. The molecule has 19 heavy (non-hydrogen) atoms. The Morgan fingerprint density at radius 1 is 1.26 bits per heavy atom. The molecule has 0 aromatic heterocycles. The van der Waals surface area contributed by atoms with Gasteiger partial charge < -0.3 is 5.73 Å². The highest BCUT2D eigenvalue weighted by Gasteiger charge is 2.46. The van der Waals surface area contributed by atoms with Gasteiger partial charge in [0.2, 0.25) is 5.91 Å². The molecule has 0 aliphatic heterocycles. The normalized spacial score (nSPS) is 24.8. The molecular weight excluding hydrogens is 236 g/mol. The highest BCUT2D eigenvalue weighted by Crippen LogP contribution is 2.44. The second-order valence-electron chi connectivity index (χ2n) is 6.13. The molecular formula is C16H24N2O. The molecule has 0 radical (unpaired) electrons. The predicted molar refractivity (Wildman–Crippen MR) is 77.9 cm³/mol. The summed E-state index contributed by atoms with van der Waals surface area (Å²) in [5.74, 6) is -0.260. The Labute approximate surface area is 115 Å². The van der Waals surface area contributed by atoms with Gasteiger partial charge in [-0.25, -0.2) is 0 Å². The van der Waals surface area contributed by atoms with Gasteiger partial charge in [0.15, 0.2) is 0 Å². The van der Waals surface area contributed by atoms with Gasteiger partial charge in [-0.3, -0.25) is 10.1 Å². The highest BCUT2D eigenvalue weighted by molar-refractivity contribution is 5.87. The van der Waals surface area contributed by atoms with E-state index < -0.39 is 5.54 Å². The van der Waals surface area contributed by atoms with Crippen molar-refractivity contribution in [3.05, 3.63) is 35.4 Å². The van der Waals surface area contributed by atoms with Gasteiger partial charge in [0, 0.05) is 0 Å². The van der Waals surface area contributed by atoms with Crippen LogP contribution in [0.5, 0.6) is 0 Å². The number of hydrogen-bond acceptors (Lipinski definition) is 2. The molecule has 0 spiro atoms. The molecule has 0 heterocycles. The lowest BCUT2D eigenvalue weighted by Gasteiger charge is -2.44. The van der Waals surface area contributed by atoms with Gasteiger partial charge in [0.25, 0.3) is 0 Å². The molecule has 1 atom stereocenters. The average molecular weight is 260 g/mol. The summed E-state index contributed by atoms with van der Waals surface area (Å²) in [5.41, 5.74) is 7.45. The molecule has 0 saturated heterocycles. The Morgan fingerprint density at radius 2 is 1.89 bits per heavy atom. The second-order valence-corrected chi connectivity index (χ2v) is 6.13. The van der Waals surface area contributed by atoms with Crippen molar-refractivity contribution in [2.24, 2.45) is 5.73 Å². The molecule has 1 aromatic carbocycles. The van der Waals surface area contributed by atoms with Crippen LogP contribution >= 0.6 is 0 Å². The number of nitrogens with two attached hydrogens (primary N) is 1. The van der Waals surface area contributed by atoms with E-state index in [9.17, 15) is 4.79 Å². The molecule has 2 rings (SSSR count). The summed E-state index contributed by atoms with van der Waals surface area (Å²) < 4.78 is 0. The number of rotatable bonds is 4. The summed E-state index contributed by atoms with van der Waals surface area (Å²) in [7, 11) is 0. The van der Waals surface area contributed by atoms with Crippen LogP contribution in [0.25, 0.3) is 0 Å². The molecule has 1 aliphatic carbocycles. The average Bonchev–Trinajstić information content (AvgIpc) is 2.38. The quantitative estimate of drug-likeness (QED) is 0.873. The summed E-state index contributed by atoms with van der Waals surface area (Å²) in [6.45, 7) is 7.37. The summed E-state index contributed by atoms with van der Waals surface area (Å²) in [5, 5.41) is 3.40. The number of nitrogens with one attached hydrogen (secondary N) is 1. The van der Waals surface area contributed by atoms with E-state index in [0.717, 1.165) is 31.4 Å². The first kappa shape index (κ1) is 14.1. The maximum absolute atomic E-state index is 12.1. The van der Waals surface area contributed by atoms with Crippen LogP contribution in [0.4, 0.5) is 0 Å². The van der Waals surface area contributed by atoms with Crippen molar-refractivity contribution in [1.29, 1.82) is 0 Å². The Hall–Kier alpha value is -1.35. The molecule has 0 fully saturated rings. The largest absolute Gasteiger partial charge is 0.368 e. The van der Waals surface area contributed by atoms with Crippen molar-refractivity contribution in [2.75, 3.05) is 6.54 Å². The highest BCUT2D eigenvalue weighted by atomic mass is 16.1. The van der Waals surface area contributed by atoms with Crippen LogP contribution in [-0.4, -0.2) is 12.5 Å². The summed E-state index contributed by atoms with van der Waals surface area (Å²) in [6.07, 6.45) is 2.72. The molecule has 3 nitrogen and oxygen atoms in total. The predicted octanol–water partition coefficient (Wildman–Crippen LogP) is 2.44. The van der Waals surface area contributed by atoms with Gasteiger partial charge in [-0.05, 0) is 42.3 Å². The van der Waals surface area contributed by atoms with Crippen LogP contribution in [0.15, 0.2) is 24.3 Å². The molecule has 1 amide bonds. The minimum atomic E-state index is -0.692. The molecule has 1 unspecified atom stereocenters. The fourth-order valence-electron chi connectivity index (χ4n) is 3.08. The number of benzene rings is 1. The topological polar surface area (TPSA) is 55.1 Å². The van der Waals surface area contributed by atoms with E-state index >= 15 is 0 Å². The molecule has 1 aromatic rings. The Morgan fingerprint density at radius 3 is 2.47 bits per heavy atom. The maximum atomic E-state index is 12.1. The SMILES string of the molecule is CCCNC1(C(N)=O)CCC(C)(C)c2ccccc21. The Kier molecular flexibility index (Phi) is 3.68. The first-order valence-electron chi connectivity index (χ1n) is 7.09. The van der Waals surface area contributed by atoms with E-state index in [4.69, 9.17) is 5.73 Å². The van der Waals surface area contributed by atoms with Gasteiger partial charge in [0.1, 0.15) is 5.54 Å². The molecule has 0 bridgehead atoms. The molecule has 1 aliphatic rings. The Bertz CT molecular complexity index is 481. The number of amides is 1. The lowest BCUT2D eigenvalue weighted by Crippen LogP contribution is -2.56. The van der Waals surface area contributed by atoms with Gasteiger partial charge in [0.05, 0.1) is 0 Å². The minimum Gasteiger partial charge on any atom is -0.368 e. The van der Waals surface area contributed by atoms with Gasteiger partial charge in [-0.1, -0.05) is 45.0 Å². The zero-order valence-electron chi connectivity index (χ0n) is 12.1. The van der Waals surface area contributed by atoms with Crippen LogP contribution < -0.4 is 11.1 Å². The van der Waals surface area contributed by atoms with E-state index in [1.807, 2.05) is 18.2 Å². The zero-order valence-corrected chi connectivity index (χ0v) is 12.1. The smallest absolute Gasteiger partial charge is 0.242 e. The van der Waals surface area contributed by atoms with Crippen molar-refractivity contribution >= 4 is 5.91 Å².